The fourth-order valence-electron chi connectivity index (χ4n) is 8.43. The van der Waals surface area contributed by atoms with Crippen LogP contribution in [0.15, 0.2) is 174 Å². The van der Waals surface area contributed by atoms with Gasteiger partial charge in [0.05, 0.1) is 11.0 Å². The zero-order valence-corrected chi connectivity index (χ0v) is 30.1. The molecule has 0 aliphatic carbocycles. The summed E-state index contributed by atoms with van der Waals surface area (Å²) >= 11 is 1.81. The van der Waals surface area contributed by atoms with Crippen LogP contribution in [0.5, 0.6) is 0 Å². The lowest BCUT2D eigenvalue weighted by Gasteiger charge is -2.12. The van der Waals surface area contributed by atoms with Crippen LogP contribution in [0.3, 0.4) is 0 Å². The maximum Gasteiger partial charge on any atom is 0.164 e. The van der Waals surface area contributed by atoms with E-state index in [9.17, 15) is 0 Å². The molecule has 8 aromatic carbocycles. The predicted molar refractivity (Wildman–Crippen MR) is 228 cm³/mol. The predicted octanol–water partition coefficient (Wildman–Crippen LogP) is 13.4. The third-order valence-electron chi connectivity index (χ3n) is 10.8. The normalized spacial score (nSPS) is 12.0. The van der Waals surface area contributed by atoms with Crippen LogP contribution in [0.4, 0.5) is 0 Å². The fraction of sp³-hybridized carbons (Fsp3) is 0. The quantitative estimate of drug-likeness (QED) is 0.182. The molecule has 4 heterocycles. The van der Waals surface area contributed by atoms with E-state index < -0.39 is 0 Å². The van der Waals surface area contributed by atoms with Crippen LogP contribution in [0, 0.1) is 0 Å². The lowest BCUT2D eigenvalue weighted by molar-refractivity contribution is 0.669. The van der Waals surface area contributed by atoms with Gasteiger partial charge in [-0.2, -0.15) is 0 Å². The third kappa shape index (κ3) is 4.55. The summed E-state index contributed by atoms with van der Waals surface area (Å²) in [6.07, 6.45) is 0. The van der Waals surface area contributed by atoms with Crippen LogP contribution in [0.1, 0.15) is 0 Å². The number of thiophene rings is 1. The van der Waals surface area contributed by atoms with E-state index in [1.165, 1.54) is 41.8 Å². The molecule has 6 heteroatoms. The first-order valence-electron chi connectivity index (χ1n) is 18.4. The van der Waals surface area contributed by atoms with Crippen LogP contribution >= 0.6 is 11.3 Å². The number of benzene rings is 8. The van der Waals surface area contributed by atoms with Gasteiger partial charge in [-0.25, -0.2) is 15.0 Å². The topological polar surface area (TPSA) is 56.7 Å². The molecule has 0 saturated carbocycles. The van der Waals surface area contributed by atoms with Crippen molar-refractivity contribution in [2.75, 3.05) is 0 Å². The molecule has 0 aliphatic heterocycles. The molecular weight excluding hydrogens is 693 g/mol. The highest BCUT2D eigenvalue weighted by molar-refractivity contribution is 7.26. The van der Waals surface area contributed by atoms with E-state index in [0.29, 0.717) is 17.5 Å². The number of para-hydroxylation sites is 2. The standard InChI is InChI=1S/C49H28N4OS/c1-3-13-29(14-4-1)47-50-48(30-15-5-2-6-16-30)52-49(51-47)36-28-43-44(33-18-8-7-17-32(33)36)37-27-31(23-26-42(37)55-43)53-38-21-11-9-19-34(38)45-39(53)24-25-41-46(45)35-20-10-12-22-40(35)54-41/h1-28H. The van der Waals surface area contributed by atoms with Crippen molar-refractivity contribution >= 4 is 86.0 Å². The molecule has 4 aromatic heterocycles. The highest BCUT2D eigenvalue weighted by Gasteiger charge is 2.21. The zero-order valence-electron chi connectivity index (χ0n) is 29.3. The number of fused-ring (bicyclic) bond motifs is 12. The Morgan fingerprint density at radius 3 is 1.80 bits per heavy atom. The minimum atomic E-state index is 0.654. The zero-order chi connectivity index (χ0) is 36.0. The van der Waals surface area contributed by atoms with Gasteiger partial charge in [0.1, 0.15) is 11.2 Å². The minimum Gasteiger partial charge on any atom is -0.456 e. The number of aromatic nitrogens is 4. The monoisotopic (exact) mass is 720 g/mol. The molecule has 5 nitrogen and oxygen atoms in total. The van der Waals surface area contributed by atoms with E-state index in [1.54, 1.807) is 0 Å². The van der Waals surface area contributed by atoms with Crippen LogP contribution in [-0.2, 0) is 0 Å². The number of hydrogen-bond acceptors (Lipinski definition) is 5. The summed E-state index contributed by atoms with van der Waals surface area (Å²) in [4.78, 5) is 15.2. The van der Waals surface area contributed by atoms with Crippen molar-refractivity contribution in [1.82, 2.24) is 19.5 Å². The van der Waals surface area contributed by atoms with Crippen molar-refractivity contribution < 1.29 is 4.42 Å². The molecule has 0 spiro atoms. The number of furan rings is 1. The van der Waals surface area contributed by atoms with Gasteiger partial charge in [-0.1, -0.05) is 121 Å². The molecular formula is C49H28N4OS. The van der Waals surface area contributed by atoms with Crippen molar-refractivity contribution in [1.29, 1.82) is 0 Å². The summed E-state index contributed by atoms with van der Waals surface area (Å²) < 4.78 is 11.2. The van der Waals surface area contributed by atoms with Crippen LogP contribution < -0.4 is 0 Å². The van der Waals surface area contributed by atoms with Crippen molar-refractivity contribution in [3.05, 3.63) is 170 Å². The second-order valence-electron chi connectivity index (χ2n) is 13.9. The lowest BCUT2D eigenvalue weighted by atomic mass is 9.98. The molecule has 256 valence electrons. The maximum absolute atomic E-state index is 6.34. The summed E-state index contributed by atoms with van der Waals surface area (Å²) in [6.45, 7) is 0. The molecule has 0 bridgehead atoms. The van der Waals surface area contributed by atoms with Crippen LogP contribution in [0.25, 0.3) is 115 Å². The Morgan fingerprint density at radius 2 is 1.04 bits per heavy atom. The van der Waals surface area contributed by atoms with Gasteiger partial charge in [0.25, 0.3) is 0 Å². The molecule has 0 atom stereocenters. The smallest absolute Gasteiger partial charge is 0.164 e. The number of hydrogen-bond donors (Lipinski definition) is 0. The lowest BCUT2D eigenvalue weighted by Crippen LogP contribution is -2.00. The molecule has 0 unspecified atom stereocenters. The summed E-state index contributed by atoms with van der Waals surface area (Å²) in [5.74, 6) is 1.97. The molecule has 0 N–H and O–H groups in total. The average molecular weight is 721 g/mol. The van der Waals surface area contributed by atoms with Crippen molar-refractivity contribution in [2.24, 2.45) is 0 Å². The second-order valence-corrected chi connectivity index (χ2v) is 15.0. The van der Waals surface area contributed by atoms with E-state index in [1.807, 2.05) is 53.8 Å². The molecule has 55 heavy (non-hydrogen) atoms. The van der Waals surface area contributed by atoms with E-state index in [0.717, 1.165) is 55.2 Å². The third-order valence-corrected chi connectivity index (χ3v) is 12.0. The summed E-state index contributed by atoms with van der Waals surface area (Å²) in [5.41, 5.74) is 8.16. The first-order chi connectivity index (χ1) is 27.3. The van der Waals surface area contributed by atoms with Gasteiger partial charge in [-0.3, -0.25) is 0 Å². The van der Waals surface area contributed by atoms with Crippen molar-refractivity contribution in [2.45, 2.75) is 0 Å². The fourth-order valence-corrected chi connectivity index (χ4v) is 9.58. The highest BCUT2D eigenvalue weighted by Crippen LogP contribution is 2.45. The Morgan fingerprint density at radius 1 is 0.400 bits per heavy atom. The molecule has 12 aromatic rings. The second kappa shape index (κ2) is 11.7. The van der Waals surface area contributed by atoms with E-state index in [2.05, 4.69) is 132 Å². The first-order valence-corrected chi connectivity index (χ1v) is 19.2. The summed E-state index contributed by atoms with van der Waals surface area (Å²) in [6, 6.07) is 59.5. The Kier molecular flexibility index (Phi) is 6.44. The van der Waals surface area contributed by atoms with Crippen LogP contribution in [0.2, 0.25) is 0 Å². The van der Waals surface area contributed by atoms with E-state index in [4.69, 9.17) is 19.4 Å². The van der Waals surface area contributed by atoms with Gasteiger partial charge in [0, 0.05) is 64.1 Å². The van der Waals surface area contributed by atoms with Gasteiger partial charge < -0.3 is 8.98 Å². The number of nitrogens with zero attached hydrogens (tertiary/aromatic N) is 4. The van der Waals surface area contributed by atoms with Gasteiger partial charge in [0.2, 0.25) is 0 Å². The Bertz CT molecular complexity index is 3430. The van der Waals surface area contributed by atoms with Gasteiger partial charge in [0.15, 0.2) is 17.5 Å². The largest absolute Gasteiger partial charge is 0.456 e. The summed E-state index contributed by atoms with van der Waals surface area (Å²) in [5, 5.41) is 9.47. The summed E-state index contributed by atoms with van der Waals surface area (Å²) in [7, 11) is 0. The number of rotatable bonds is 4. The molecule has 12 rings (SSSR count). The Hall–Kier alpha value is -7.15. The van der Waals surface area contributed by atoms with Gasteiger partial charge in [-0.15, -0.1) is 11.3 Å². The van der Waals surface area contributed by atoms with Crippen molar-refractivity contribution in [3.63, 3.8) is 0 Å². The highest BCUT2D eigenvalue weighted by atomic mass is 32.1. The van der Waals surface area contributed by atoms with Gasteiger partial charge in [-0.05, 0) is 59.3 Å². The van der Waals surface area contributed by atoms with Gasteiger partial charge >= 0.3 is 0 Å². The maximum atomic E-state index is 6.34. The molecule has 0 amide bonds. The molecule has 0 fully saturated rings. The van der Waals surface area contributed by atoms with E-state index in [-0.39, 0.29) is 0 Å². The van der Waals surface area contributed by atoms with Crippen LogP contribution in [-0.4, -0.2) is 19.5 Å². The Labute approximate surface area is 318 Å². The van der Waals surface area contributed by atoms with E-state index >= 15 is 0 Å². The molecule has 0 radical (unpaired) electrons. The minimum absolute atomic E-state index is 0.654. The SMILES string of the molecule is c1ccc(-c2nc(-c3ccccc3)nc(-c3cc4sc5ccc(-n6c7ccccc7c7c8c(ccc76)oc6ccccc68)cc5c4c4ccccc34)n2)cc1. The molecule has 0 aliphatic rings. The Balaban J connectivity index is 1.10. The van der Waals surface area contributed by atoms with Crippen molar-refractivity contribution in [3.8, 4) is 39.9 Å². The average Bonchev–Trinajstić information content (AvgIpc) is 3.93. The molecule has 0 saturated heterocycles. The first kappa shape index (κ1) is 30.3.